The molecule has 0 heterocycles. The predicted molar refractivity (Wildman–Crippen MR) is 109 cm³/mol. The molecule has 0 saturated heterocycles. The Labute approximate surface area is 166 Å². The van der Waals surface area contributed by atoms with Crippen LogP contribution in [0.3, 0.4) is 0 Å². The Kier molecular flexibility index (Phi) is 7.86. The quantitative estimate of drug-likeness (QED) is 0.743. The van der Waals surface area contributed by atoms with E-state index in [0.717, 1.165) is 11.1 Å². The second-order valence-corrected chi connectivity index (χ2v) is 7.50. The monoisotopic (exact) mass is 386 g/mol. The van der Waals surface area contributed by atoms with Crippen LogP contribution in [-0.4, -0.2) is 29.3 Å². The van der Waals surface area contributed by atoms with Gasteiger partial charge in [0.1, 0.15) is 6.04 Å². The second-order valence-electron chi connectivity index (χ2n) is 7.09. The minimum absolute atomic E-state index is 0.126. The van der Waals surface area contributed by atoms with Crippen molar-refractivity contribution in [3.8, 4) is 0 Å². The van der Waals surface area contributed by atoms with Gasteiger partial charge in [-0.05, 0) is 30.0 Å². The summed E-state index contributed by atoms with van der Waals surface area (Å²) in [4.78, 5) is 27.2. The van der Waals surface area contributed by atoms with Crippen molar-refractivity contribution in [2.45, 2.75) is 39.8 Å². The molecule has 0 aromatic heterocycles. The van der Waals surface area contributed by atoms with Crippen molar-refractivity contribution in [2.75, 3.05) is 6.54 Å². The molecule has 2 rings (SSSR count). The highest BCUT2D eigenvalue weighted by Crippen LogP contribution is 2.18. The molecule has 0 aliphatic rings. The molecule has 0 saturated carbocycles. The highest BCUT2D eigenvalue weighted by atomic mass is 35.5. The van der Waals surface area contributed by atoms with Crippen LogP contribution in [0.25, 0.3) is 0 Å². The molecule has 2 aromatic carbocycles. The maximum Gasteiger partial charge on any atom is 0.242 e. The molecule has 0 radical (unpaired) electrons. The van der Waals surface area contributed by atoms with Crippen LogP contribution in [0.1, 0.15) is 31.9 Å². The lowest BCUT2D eigenvalue weighted by molar-refractivity contribution is -0.140. The van der Waals surface area contributed by atoms with Crippen LogP contribution in [0.4, 0.5) is 0 Å². The largest absolute Gasteiger partial charge is 0.354 e. The number of carbonyl (C=O) groups is 2. The predicted octanol–water partition coefficient (Wildman–Crippen LogP) is 4.07. The van der Waals surface area contributed by atoms with Gasteiger partial charge in [-0.3, -0.25) is 9.59 Å². The van der Waals surface area contributed by atoms with Gasteiger partial charge >= 0.3 is 0 Å². The Balaban J connectivity index is 2.19. The summed E-state index contributed by atoms with van der Waals surface area (Å²) in [5, 5.41) is 3.48. The summed E-state index contributed by atoms with van der Waals surface area (Å²) in [5.74, 6) is 0.0776. The average Bonchev–Trinajstić information content (AvgIpc) is 2.66. The Morgan fingerprint density at radius 2 is 1.63 bits per heavy atom. The van der Waals surface area contributed by atoms with Gasteiger partial charge in [0.05, 0.1) is 6.42 Å². The van der Waals surface area contributed by atoms with E-state index in [1.165, 1.54) is 0 Å². The molecule has 0 aliphatic heterocycles. The summed E-state index contributed by atoms with van der Waals surface area (Å²) in [6, 6.07) is 16.4. The van der Waals surface area contributed by atoms with Gasteiger partial charge < -0.3 is 10.2 Å². The van der Waals surface area contributed by atoms with E-state index in [4.69, 9.17) is 11.6 Å². The highest BCUT2D eigenvalue weighted by Gasteiger charge is 2.26. The van der Waals surface area contributed by atoms with E-state index in [9.17, 15) is 9.59 Å². The van der Waals surface area contributed by atoms with Crippen LogP contribution in [0.2, 0.25) is 5.02 Å². The molecule has 1 N–H and O–H groups in total. The molecule has 0 aliphatic carbocycles. The van der Waals surface area contributed by atoms with Gasteiger partial charge in [0.15, 0.2) is 0 Å². The maximum absolute atomic E-state index is 13.0. The van der Waals surface area contributed by atoms with Gasteiger partial charge in [0.25, 0.3) is 0 Å². The number of carbonyl (C=O) groups excluding carboxylic acids is 2. The number of rotatable bonds is 8. The van der Waals surface area contributed by atoms with E-state index in [1.54, 1.807) is 17.9 Å². The molecule has 0 fully saturated rings. The number of benzene rings is 2. The second kappa shape index (κ2) is 10.1. The van der Waals surface area contributed by atoms with E-state index in [1.807, 2.05) is 62.4 Å². The van der Waals surface area contributed by atoms with Crippen LogP contribution in [0.5, 0.6) is 0 Å². The highest BCUT2D eigenvalue weighted by molar-refractivity contribution is 6.31. The zero-order valence-electron chi connectivity index (χ0n) is 16.1. The van der Waals surface area contributed by atoms with Gasteiger partial charge in [-0.15, -0.1) is 0 Å². The van der Waals surface area contributed by atoms with Crippen LogP contribution in [0.15, 0.2) is 54.6 Å². The fraction of sp³-hybridized carbons (Fsp3) is 0.364. The van der Waals surface area contributed by atoms with Crippen molar-refractivity contribution in [1.29, 1.82) is 0 Å². The minimum atomic E-state index is -0.570. The van der Waals surface area contributed by atoms with Crippen LogP contribution in [-0.2, 0) is 22.6 Å². The van der Waals surface area contributed by atoms with E-state index in [0.29, 0.717) is 24.0 Å². The van der Waals surface area contributed by atoms with Gasteiger partial charge in [-0.25, -0.2) is 0 Å². The molecule has 0 bridgehead atoms. The molecular formula is C22H27ClN2O2. The summed E-state index contributed by atoms with van der Waals surface area (Å²) < 4.78 is 0. The third-order valence-corrected chi connectivity index (χ3v) is 4.72. The first-order valence-corrected chi connectivity index (χ1v) is 9.60. The molecule has 2 amide bonds. The zero-order valence-corrected chi connectivity index (χ0v) is 16.9. The van der Waals surface area contributed by atoms with Gasteiger partial charge in [0, 0.05) is 18.1 Å². The van der Waals surface area contributed by atoms with Crippen LogP contribution in [0, 0.1) is 5.92 Å². The summed E-state index contributed by atoms with van der Waals surface area (Å²) in [5.41, 5.74) is 1.74. The third-order valence-electron chi connectivity index (χ3n) is 4.35. The zero-order chi connectivity index (χ0) is 19.8. The Hall–Kier alpha value is -2.33. The van der Waals surface area contributed by atoms with Gasteiger partial charge in [-0.2, -0.15) is 0 Å². The van der Waals surface area contributed by atoms with E-state index >= 15 is 0 Å². The first-order valence-electron chi connectivity index (χ1n) is 9.23. The molecule has 0 unspecified atom stereocenters. The standard InChI is InChI=1S/C22H27ClN2O2/c1-16(2)14-24-22(27)17(3)25(15-18-9-5-4-6-10-18)21(26)13-19-11-7-8-12-20(19)23/h4-12,16-17H,13-15H2,1-3H3,(H,24,27)/t17-/m0/s1. The summed E-state index contributed by atoms with van der Waals surface area (Å²) in [6.07, 6.45) is 0.161. The third kappa shape index (κ3) is 6.40. The molecule has 27 heavy (non-hydrogen) atoms. The lowest BCUT2D eigenvalue weighted by Crippen LogP contribution is -2.48. The lowest BCUT2D eigenvalue weighted by atomic mass is 10.1. The lowest BCUT2D eigenvalue weighted by Gasteiger charge is -2.29. The van der Waals surface area contributed by atoms with Crippen LogP contribution >= 0.6 is 11.6 Å². The Morgan fingerprint density at radius 3 is 2.26 bits per heavy atom. The Morgan fingerprint density at radius 1 is 1.00 bits per heavy atom. The molecule has 2 aromatic rings. The van der Waals surface area contributed by atoms with E-state index < -0.39 is 6.04 Å². The van der Waals surface area contributed by atoms with Crippen molar-refractivity contribution in [2.24, 2.45) is 5.92 Å². The van der Waals surface area contributed by atoms with Crippen molar-refractivity contribution in [1.82, 2.24) is 10.2 Å². The van der Waals surface area contributed by atoms with E-state index in [-0.39, 0.29) is 18.2 Å². The van der Waals surface area contributed by atoms with Crippen molar-refractivity contribution in [3.05, 3.63) is 70.7 Å². The topological polar surface area (TPSA) is 49.4 Å². The molecule has 0 spiro atoms. The summed E-state index contributed by atoms with van der Waals surface area (Å²) in [7, 11) is 0. The number of hydrogen-bond donors (Lipinski definition) is 1. The Bertz CT molecular complexity index is 762. The van der Waals surface area contributed by atoms with Crippen molar-refractivity contribution >= 4 is 23.4 Å². The fourth-order valence-corrected chi connectivity index (χ4v) is 2.92. The van der Waals surface area contributed by atoms with Crippen molar-refractivity contribution < 1.29 is 9.59 Å². The number of halogens is 1. The maximum atomic E-state index is 13.0. The molecule has 1 atom stereocenters. The number of nitrogens with one attached hydrogen (secondary N) is 1. The van der Waals surface area contributed by atoms with Gasteiger partial charge in [-0.1, -0.05) is 74.0 Å². The molecular weight excluding hydrogens is 360 g/mol. The first kappa shape index (κ1) is 21.0. The smallest absolute Gasteiger partial charge is 0.242 e. The molecule has 144 valence electrons. The number of nitrogens with zero attached hydrogens (tertiary/aromatic N) is 1. The fourth-order valence-electron chi connectivity index (χ4n) is 2.72. The summed E-state index contributed by atoms with van der Waals surface area (Å²) >= 11 is 6.21. The van der Waals surface area contributed by atoms with Crippen molar-refractivity contribution in [3.63, 3.8) is 0 Å². The van der Waals surface area contributed by atoms with Crippen LogP contribution < -0.4 is 5.32 Å². The number of hydrogen-bond acceptors (Lipinski definition) is 2. The minimum Gasteiger partial charge on any atom is -0.354 e. The van der Waals surface area contributed by atoms with E-state index in [2.05, 4.69) is 5.32 Å². The first-order chi connectivity index (χ1) is 12.9. The molecule has 4 nitrogen and oxygen atoms in total. The normalized spacial score (nSPS) is 11.9. The summed E-state index contributed by atoms with van der Waals surface area (Å²) in [6.45, 7) is 6.80. The number of amides is 2. The van der Waals surface area contributed by atoms with Gasteiger partial charge in [0.2, 0.25) is 11.8 Å². The molecule has 5 heteroatoms. The average molecular weight is 387 g/mol. The SMILES string of the molecule is CC(C)CNC(=O)[C@H](C)N(Cc1ccccc1)C(=O)Cc1ccccc1Cl.